The number of aryl methyl sites for hydroxylation is 1. The van der Waals surface area contributed by atoms with Gasteiger partial charge in [-0.05, 0) is 64.1 Å². The molecule has 0 radical (unpaired) electrons. The van der Waals surface area contributed by atoms with Crippen molar-refractivity contribution in [3.05, 3.63) is 23.9 Å². The monoisotopic (exact) mass is 371 g/mol. The number of urea groups is 1. The van der Waals surface area contributed by atoms with Crippen LogP contribution in [-0.4, -0.2) is 29.9 Å². The zero-order chi connectivity index (χ0) is 19.6. The van der Waals surface area contributed by atoms with Gasteiger partial charge in [0.1, 0.15) is 5.82 Å². The van der Waals surface area contributed by atoms with E-state index in [0.29, 0.717) is 11.6 Å². The van der Waals surface area contributed by atoms with Crippen molar-refractivity contribution in [1.82, 2.24) is 10.3 Å². The molecule has 0 saturated heterocycles. The molecular weight excluding hydrogens is 342 g/mol. The topological polar surface area (TPSA) is 63.7 Å². The summed E-state index contributed by atoms with van der Waals surface area (Å²) in [5.74, 6) is 2.11. The van der Waals surface area contributed by atoms with Gasteiger partial charge < -0.3 is 14.8 Å². The number of pyridine rings is 1. The normalized spacial score (nSPS) is 12.9. The number of hydrogen-bond donors (Lipinski definition) is 1. The fourth-order valence-corrected chi connectivity index (χ4v) is 3.24. The lowest BCUT2D eigenvalue weighted by Crippen LogP contribution is -2.47. The average molecular weight is 371 g/mol. The Morgan fingerprint density at radius 1 is 1.19 bits per heavy atom. The van der Waals surface area contributed by atoms with Gasteiger partial charge in [0.15, 0.2) is 11.5 Å². The number of benzene rings is 1. The molecule has 0 saturated carbocycles. The van der Waals surface area contributed by atoms with E-state index >= 15 is 0 Å². The molecular formula is C21H29N3O3. The van der Waals surface area contributed by atoms with Crippen LogP contribution in [0.1, 0.15) is 53.2 Å². The summed E-state index contributed by atoms with van der Waals surface area (Å²) in [5, 5.41) is 4.90. The predicted molar refractivity (Wildman–Crippen MR) is 108 cm³/mol. The summed E-state index contributed by atoms with van der Waals surface area (Å²) in [5.41, 5.74) is 0.987. The van der Waals surface area contributed by atoms with Crippen LogP contribution >= 0.6 is 0 Å². The molecule has 146 valence electrons. The lowest BCUT2D eigenvalue weighted by atomic mass is 10.1. The van der Waals surface area contributed by atoms with E-state index in [2.05, 4.69) is 18.3 Å². The van der Waals surface area contributed by atoms with Gasteiger partial charge in [0.05, 0.1) is 0 Å². The Labute approximate surface area is 160 Å². The molecule has 1 aliphatic rings. The first-order valence-corrected chi connectivity index (χ1v) is 9.73. The summed E-state index contributed by atoms with van der Waals surface area (Å²) in [6.07, 6.45) is 3.03. The van der Waals surface area contributed by atoms with Crippen LogP contribution in [0.2, 0.25) is 0 Å². The van der Waals surface area contributed by atoms with Crippen molar-refractivity contribution < 1.29 is 14.3 Å². The van der Waals surface area contributed by atoms with E-state index < -0.39 is 0 Å². The van der Waals surface area contributed by atoms with E-state index in [9.17, 15) is 4.79 Å². The molecule has 0 bridgehead atoms. The summed E-state index contributed by atoms with van der Waals surface area (Å²) >= 11 is 0. The molecule has 2 heterocycles. The number of amides is 2. The van der Waals surface area contributed by atoms with E-state index in [4.69, 9.17) is 14.5 Å². The van der Waals surface area contributed by atoms with E-state index in [1.54, 1.807) is 4.90 Å². The van der Waals surface area contributed by atoms with Crippen LogP contribution in [-0.2, 0) is 6.42 Å². The first-order chi connectivity index (χ1) is 12.9. The second-order valence-corrected chi connectivity index (χ2v) is 7.54. The lowest BCUT2D eigenvalue weighted by Gasteiger charge is -2.28. The highest BCUT2D eigenvalue weighted by Gasteiger charge is 2.25. The first-order valence-electron chi connectivity index (χ1n) is 9.73. The highest BCUT2D eigenvalue weighted by molar-refractivity contribution is 6.03. The van der Waals surface area contributed by atoms with Crippen molar-refractivity contribution in [3.63, 3.8) is 0 Å². The van der Waals surface area contributed by atoms with Gasteiger partial charge in [0, 0.05) is 23.2 Å². The van der Waals surface area contributed by atoms with Crippen LogP contribution in [0.25, 0.3) is 10.8 Å². The molecule has 1 aliphatic heterocycles. The Morgan fingerprint density at radius 2 is 1.89 bits per heavy atom. The van der Waals surface area contributed by atoms with Crippen LogP contribution in [0.5, 0.6) is 11.5 Å². The molecule has 0 spiro atoms. The summed E-state index contributed by atoms with van der Waals surface area (Å²) in [6, 6.07) is 5.88. The molecule has 27 heavy (non-hydrogen) atoms. The van der Waals surface area contributed by atoms with Crippen LogP contribution < -0.4 is 19.7 Å². The molecule has 2 amide bonds. The number of carbonyl (C=O) groups is 1. The van der Waals surface area contributed by atoms with Crippen molar-refractivity contribution in [2.75, 3.05) is 11.7 Å². The molecule has 0 atom stereocenters. The van der Waals surface area contributed by atoms with E-state index in [0.717, 1.165) is 41.5 Å². The fourth-order valence-electron chi connectivity index (χ4n) is 3.24. The Bertz CT molecular complexity index is 833. The minimum absolute atomic E-state index is 0.0358. The molecule has 1 aromatic heterocycles. The van der Waals surface area contributed by atoms with Gasteiger partial charge in [0.2, 0.25) is 6.79 Å². The van der Waals surface area contributed by atoms with Crippen molar-refractivity contribution in [2.45, 2.75) is 66.0 Å². The predicted octanol–water partition coefficient (Wildman–Crippen LogP) is 4.64. The number of hydrogen-bond acceptors (Lipinski definition) is 4. The molecule has 0 aliphatic carbocycles. The van der Waals surface area contributed by atoms with Crippen molar-refractivity contribution >= 4 is 22.6 Å². The zero-order valence-electron chi connectivity index (χ0n) is 16.8. The van der Waals surface area contributed by atoms with E-state index in [-0.39, 0.29) is 24.9 Å². The second-order valence-electron chi connectivity index (χ2n) is 7.54. The Kier molecular flexibility index (Phi) is 5.73. The number of fused-ring (bicyclic) bond motifs is 2. The number of ether oxygens (including phenoxy) is 2. The van der Waals surface area contributed by atoms with Crippen LogP contribution in [0, 0.1) is 0 Å². The Morgan fingerprint density at radius 3 is 2.52 bits per heavy atom. The van der Waals surface area contributed by atoms with Crippen molar-refractivity contribution in [2.24, 2.45) is 0 Å². The molecule has 3 rings (SSSR count). The van der Waals surface area contributed by atoms with Gasteiger partial charge in [-0.3, -0.25) is 4.90 Å². The smallest absolute Gasteiger partial charge is 0.323 e. The molecule has 6 nitrogen and oxygen atoms in total. The number of aromatic nitrogens is 1. The third-order valence-electron chi connectivity index (χ3n) is 4.52. The zero-order valence-corrected chi connectivity index (χ0v) is 16.8. The van der Waals surface area contributed by atoms with Crippen LogP contribution in [0.4, 0.5) is 10.6 Å². The third kappa shape index (κ3) is 4.10. The SMILES string of the molecule is CCCCc1cc2cc3c(cc2c(N(C(=O)NC(C)C)C(C)C)n1)OCO3. The van der Waals surface area contributed by atoms with E-state index in [1.165, 1.54) is 0 Å². The minimum Gasteiger partial charge on any atom is -0.454 e. The lowest BCUT2D eigenvalue weighted by molar-refractivity contribution is 0.174. The maximum absolute atomic E-state index is 12.9. The van der Waals surface area contributed by atoms with Gasteiger partial charge in [-0.15, -0.1) is 0 Å². The summed E-state index contributed by atoms with van der Waals surface area (Å²) in [6.45, 7) is 10.3. The summed E-state index contributed by atoms with van der Waals surface area (Å²) < 4.78 is 11.1. The van der Waals surface area contributed by atoms with Crippen LogP contribution in [0.15, 0.2) is 18.2 Å². The van der Waals surface area contributed by atoms with E-state index in [1.807, 2.05) is 39.8 Å². The number of rotatable bonds is 6. The summed E-state index contributed by atoms with van der Waals surface area (Å²) in [7, 11) is 0. The highest BCUT2D eigenvalue weighted by Crippen LogP contribution is 2.39. The number of anilines is 1. The van der Waals surface area contributed by atoms with Gasteiger partial charge in [-0.2, -0.15) is 0 Å². The molecule has 1 N–H and O–H groups in total. The first kappa shape index (κ1) is 19.3. The molecule has 0 unspecified atom stereocenters. The summed E-state index contributed by atoms with van der Waals surface area (Å²) in [4.78, 5) is 19.5. The van der Waals surface area contributed by atoms with Gasteiger partial charge in [-0.1, -0.05) is 13.3 Å². The second kappa shape index (κ2) is 8.03. The largest absolute Gasteiger partial charge is 0.454 e. The third-order valence-corrected chi connectivity index (χ3v) is 4.52. The van der Waals surface area contributed by atoms with Crippen molar-refractivity contribution in [1.29, 1.82) is 0 Å². The standard InChI is InChI=1S/C21H29N3O3/c1-6-7-8-16-9-15-10-18-19(27-12-26-18)11-17(15)20(23-16)24(14(4)5)21(25)22-13(2)3/h9-11,13-14H,6-8,12H2,1-5H3,(H,22,25). The molecule has 2 aromatic rings. The number of carbonyl (C=O) groups excluding carboxylic acids is 1. The fraction of sp³-hybridized carbons (Fsp3) is 0.524. The molecule has 1 aromatic carbocycles. The Hall–Kier alpha value is -2.50. The van der Waals surface area contributed by atoms with Gasteiger partial charge >= 0.3 is 6.03 Å². The Balaban J connectivity index is 2.16. The van der Waals surface area contributed by atoms with Crippen molar-refractivity contribution in [3.8, 4) is 11.5 Å². The number of nitrogens with one attached hydrogen (secondary N) is 1. The average Bonchev–Trinajstić information content (AvgIpc) is 3.04. The molecule has 0 fully saturated rings. The maximum Gasteiger partial charge on any atom is 0.323 e. The quantitative estimate of drug-likeness (QED) is 0.803. The van der Waals surface area contributed by atoms with Crippen LogP contribution in [0.3, 0.4) is 0 Å². The number of unbranched alkanes of at least 4 members (excludes halogenated alkanes) is 1. The highest BCUT2D eigenvalue weighted by atomic mass is 16.7. The minimum atomic E-state index is -0.140. The maximum atomic E-state index is 12.9. The number of nitrogens with zero attached hydrogens (tertiary/aromatic N) is 2. The van der Waals surface area contributed by atoms with Gasteiger partial charge in [-0.25, -0.2) is 9.78 Å². The molecule has 6 heteroatoms. The van der Waals surface area contributed by atoms with Gasteiger partial charge in [0.25, 0.3) is 0 Å².